The van der Waals surface area contributed by atoms with Gasteiger partial charge < -0.3 is 51.1 Å². The summed E-state index contributed by atoms with van der Waals surface area (Å²) in [5.74, 6) is -1.88. The zero-order chi connectivity index (χ0) is 36.3. The number of aliphatic hydroxyl groups excluding tert-OH is 3. The molecule has 0 bridgehead atoms. The molecule has 11 N–H and O–H groups in total. The second kappa shape index (κ2) is 15.6. The van der Waals surface area contributed by atoms with Crippen LogP contribution in [0.4, 0.5) is 5.82 Å². The molecule has 26 heteroatoms. The molecule has 1 amide bonds. The van der Waals surface area contributed by atoms with Crippen molar-refractivity contribution in [3.05, 3.63) is 36.5 Å². The molecule has 4 rings (SSSR count). The molecule has 1 saturated heterocycles. The first-order valence-electron chi connectivity index (χ1n) is 14.0. The third-order valence-corrected chi connectivity index (χ3v) is 10.3. The number of fused-ring (bicyclic) bond motifs is 1. The van der Waals surface area contributed by atoms with E-state index in [0.29, 0.717) is 0 Å². The number of ether oxygens (including phenoxy) is 1. The van der Waals surface area contributed by atoms with E-state index in [0.717, 1.165) is 23.4 Å². The van der Waals surface area contributed by atoms with Crippen molar-refractivity contribution in [1.82, 2.24) is 19.5 Å². The lowest BCUT2D eigenvalue weighted by molar-refractivity contribution is -0.114. The molecule has 0 aromatic carbocycles. The Morgan fingerprint density at radius 1 is 1.06 bits per heavy atom. The zero-order valence-corrected chi connectivity index (χ0v) is 27.9. The van der Waals surface area contributed by atoms with Gasteiger partial charge in [-0.1, -0.05) is 12.2 Å². The summed E-state index contributed by atoms with van der Waals surface area (Å²) >= 11 is 0. The van der Waals surface area contributed by atoms with Gasteiger partial charge in [0.25, 0.3) is 0 Å². The highest BCUT2D eigenvalue weighted by atomic mass is 31.3. The molecular weight excluding hydrogens is 723 g/mol. The highest BCUT2D eigenvalue weighted by molar-refractivity contribution is 7.61. The summed E-state index contributed by atoms with van der Waals surface area (Å²) < 4.78 is 61.9. The van der Waals surface area contributed by atoms with Gasteiger partial charge >= 0.3 is 23.5 Å². The molecule has 10 unspecified atom stereocenters. The van der Waals surface area contributed by atoms with E-state index >= 15 is 0 Å². The van der Waals surface area contributed by atoms with Gasteiger partial charge in [-0.2, -0.15) is 4.31 Å². The zero-order valence-electron chi connectivity index (χ0n) is 25.2. The Morgan fingerprint density at radius 2 is 1.73 bits per heavy atom. The lowest BCUT2D eigenvalue weighted by Gasteiger charge is -2.22. The number of phosphoric ester groups is 3. The number of hydrogen-bond acceptors (Lipinski definition) is 17. The van der Waals surface area contributed by atoms with Crippen LogP contribution in [0, 0.1) is 5.92 Å². The number of nitrogens with zero attached hydrogens (tertiary/aromatic N) is 5. The number of anilines is 1. The molecule has 3 heterocycles. The Hall–Kier alpha value is -2.82. The number of nitrogen functional groups attached to an aromatic ring is 1. The number of imidazole rings is 1. The lowest BCUT2D eigenvalue weighted by Crippen LogP contribution is -2.35. The van der Waals surface area contributed by atoms with Gasteiger partial charge in [0.15, 0.2) is 17.7 Å². The number of nitrogens with two attached hydrogens (primary N) is 2. The molecule has 49 heavy (non-hydrogen) atoms. The van der Waals surface area contributed by atoms with Crippen LogP contribution in [0.1, 0.15) is 19.6 Å². The van der Waals surface area contributed by atoms with E-state index in [9.17, 15) is 53.4 Å². The molecule has 2 fully saturated rings. The number of amides is 1. The van der Waals surface area contributed by atoms with Gasteiger partial charge in [-0.25, -0.2) is 28.6 Å². The van der Waals surface area contributed by atoms with Crippen LogP contribution >= 0.6 is 23.5 Å². The molecule has 0 radical (unpaired) electrons. The van der Waals surface area contributed by atoms with Crippen LogP contribution in [0.15, 0.2) is 41.4 Å². The largest absolute Gasteiger partial charge is 0.481 e. The minimum Gasteiger partial charge on any atom is -0.390 e. The minimum absolute atomic E-state index is 0.00549. The average Bonchev–Trinajstić information content (AvgIpc) is 3.64. The Labute approximate surface area is 276 Å². The van der Waals surface area contributed by atoms with Gasteiger partial charge in [-0.05, 0) is 19.4 Å². The van der Waals surface area contributed by atoms with Gasteiger partial charge in [-0.15, -0.1) is 0 Å². The SMILES string of the molecule is C\C=C/C=C(\C=N\C1CC(COP(=O)(O)OP(=O)(O)OCC2OC(n3cnc4c(N)ncnc43)C(O)C2OP(=O)(O)O)C(O)C1O)C(N)=O. The van der Waals surface area contributed by atoms with Crippen LogP contribution in [-0.2, 0) is 41.1 Å². The predicted octanol–water partition coefficient (Wildman–Crippen LogP) is -1.44. The highest BCUT2D eigenvalue weighted by Gasteiger charge is 2.50. The molecule has 1 aliphatic heterocycles. The molecule has 1 saturated carbocycles. The molecule has 2 aliphatic rings. The Morgan fingerprint density at radius 3 is 2.37 bits per heavy atom. The first-order valence-corrected chi connectivity index (χ1v) is 18.5. The molecule has 272 valence electrons. The Bertz CT molecular complexity index is 1750. The fourth-order valence-corrected chi connectivity index (χ4v) is 7.65. The summed E-state index contributed by atoms with van der Waals surface area (Å²) in [5.41, 5.74) is 11.2. The van der Waals surface area contributed by atoms with E-state index < -0.39 is 91.3 Å². The van der Waals surface area contributed by atoms with E-state index in [1.807, 2.05) is 0 Å². The van der Waals surface area contributed by atoms with Crippen LogP contribution in [0.3, 0.4) is 0 Å². The highest BCUT2D eigenvalue weighted by Crippen LogP contribution is 2.61. The molecule has 2 aromatic heterocycles. The average molecular weight is 757 g/mol. The normalized spacial score (nSPS) is 30.7. The number of aromatic nitrogens is 4. The Balaban J connectivity index is 1.38. The number of rotatable bonds is 15. The first-order chi connectivity index (χ1) is 22.8. The number of primary amides is 1. The lowest BCUT2D eigenvalue weighted by atomic mass is 10.1. The number of aliphatic hydroxyl groups is 3. The van der Waals surface area contributed by atoms with Crippen molar-refractivity contribution < 1.29 is 76.0 Å². The molecular formula is C23H34N7O16P3. The third kappa shape index (κ3) is 9.91. The summed E-state index contributed by atoms with van der Waals surface area (Å²) in [5, 5.41) is 31.6. The van der Waals surface area contributed by atoms with Crippen molar-refractivity contribution >= 4 is 52.6 Å². The fraction of sp³-hybridized carbons (Fsp3) is 0.522. The third-order valence-electron chi connectivity index (χ3n) is 7.22. The monoisotopic (exact) mass is 757 g/mol. The van der Waals surface area contributed by atoms with Gasteiger partial charge in [-0.3, -0.25) is 27.9 Å². The number of phosphoric acid groups is 3. The minimum atomic E-state index is -5.53. The second-order valence-corrected chi connectivity index (χ2v) is 14.9. The van der Waals surface area contributed by atoms with E-state index in [4.69, 9.17) is 25.3 Å². The van der Waals surface area contributed by atoms with Crippen molar-refractivity contribution in [3.63, 3.8) is 0 Å². The summed E-state index contributed by atoms with van der Waals surface area (Å²) in [6, 6.07) is -0.984. The van der Waals surface area contributed by atoms with Gasteiger partial charge in [0.1, 0.15) is 36.3 Å². The maximum absolute atomic E-state index is 12.6. The van der Waals surface area contributed by atoms with Crippen LogP contribution < -0.4 is 11.5 Å². The van der Waals surface area contributed by atoms with Crippen molar-refractivity contribution in [1.29, 1.82) is 0 Å². The molecule has 2 aromatic rings. The number of carbonyl (C=O) groups is 1. The first kappa shape index (κ1) is 39.0. The second-order valence-electron chi connectivity index (χ2n) is 10.6. The topological polar surface area (TPSA) is 364 Å². The summed E-state index contributed by atoms with van der Waals surface area (Å²) in [6.45, 7) is -0.179. The van der Waals surface area contributed by atoms with Crippen LogP contribution in [0.2, 0.25) is 0 Å². The summed E-state index contributed by atoms with van der Waals surface area (Å²) in [6.07, 6.45) is -2.30. The van der Waals surface area contributed by atoms with Crippen LogP contribution in [-0.4, -0.2) is 116 Å². The smallest absolute Gasteiger partial charge is 0.390 e. The standard InChI is InChI=1S/C23H34N7O16P3/c1-2-3-4-11(21(25)34)6-26-13-5-12(16(31)17(13)32)7-42-48(38,39)46-49(40,41)43-8-14-19(45-47(35,36)37)18(33)23(44-14)30-10-29-15-20(24)27-9-28-22(15)30/h2-4,6,9-10,12-14,16-19,23,31-33H,5,7-8H2,1H3,(H2,25,34)(H,38,39)(H,40,41)(H2,24,27,28)(H2,35,36,37)/b3-2-,11-4+,26-6+. The number of hydrogen-bond donors (Lipinski definition) is 9. The van der Waals surface area contributed by atoms with Crippen molar-refractivity contribution in [2.75, 3.05) is 18.9 Å². The van der Waals surface area contributed by atoms with E-state index in [2.05, 4.69) is 28.8 Å². The summed E-state index contributed by atoms with van der Waals surface area (Å²) in [4.78, 5) is 66.4. The number of allylic oxidation sites excluding steroid dienone is 3. The van der Waals surface area contributed by atoms with E-state index in [1.165, 1.54) is 12.2 Å². The molecule has 10 atom stereocenters. The maximum atomic E-state index is 12.6. The predicted molar refractivity (Wildman–Crippen MR) is 164 cm³/mol. The van der Waals surface area contributed by atoms with Crippen LogP contribution in [0.5, 0.6) is 0 Å². The van der Waals surface area contributed by atoms with Gasteiger partial charge in [0.05, 0.1) is 37.3 Å². The maximum Gasteiger partial charge on any atom is 0.481 e. The van der Waals surface area contributed by atoms with Crippen molar-refractivity contribution in [2.24, 2.45) is 16.6 Å². The van der Waals surface area contributed by atoms with E-state index in [1.54, 1.807) is 13.0 Å². The van der Waals surface area contributed by atoms with Gasteiger partial charge in [0.2, 0.25) is 5.91 Å². The van der Waals surface area contributed by atoms with Crippen molar-refractivity contribution in [2.45, 2.75) is 56.1 Å². The quantitative estimate of drug-likeness (QED) is 0.0435. The number of carbonyl (C=O) groups excluding carboxylic acids is 1. The summed E-state index contributed by atoms with van der Waals surface area (Å²) in [7, 11) is -16.3. The van der Waals surface area contributed by atoms with Crippen molar-refractivity contribution in [3.8, 4) is 0 Å². The van der Waals surface area contributed by atoms with E-state index in [-0.39, 0.29) is 29.0 Å². The Kier molecular flexibility index (Phi) is 12.4. The molecule has 0 spiro atoms. The van der Waals surface area contributed by atoms with Gasteiger partial charge in [0, 0.05) is 12.1 Å². The number of aliphatic imine (C=N–C) groups is 1. The fourth-order valence-electron chi connectivity index (χ4n) is 4.94. The molecule has 1 aliphatic carbocycles. The molecule has 23 nitrogen and oxygen atoms in total. The van der Waals surface area contributed by atoms with Crippen LogP contribution in [0.25, 0.3) is 11.2 Å².